The average Bonchev–Trinajstić information content (AvgIpc) is 3.18. The monoisotopic (exact) mass is 539 g/mol. The number of anilines is 1. The lowest BCUT2D eigenvalue weighted by atomic mass is 9.88. The summed E-state index contributed by atoms with van der Waals surface area (Å²) in [7, 11) is 0. The number of aliphatic hydroxyl groups is 1. The zero-order valence-corrected chi connectivity index (χ0v) is 23.6. The number of carbonyl (C=O) groups excluding carboxylic acids is 1. The Kier molecular flexibility index (Phi) is 8.08. The number of hydrogen-bond acceptors (Lipinski definition) is 7. The molecule has 212 valence electrons. The number of pyridine rings is 1. The van der Waals surface area contributed by atoms with Crippen LogP contribution >= 0.6 is 0 Å². The Morgan fingerprint density at radius 1 is 1.26 bits per heavy atom. The molecule has 8 nitrogen and oxygen atoms in total. The van der Waals surface area contributed by atoms with E-state index >= 15 is 0 Å². The van der Waals surface area contributed by atoms with Crippen molar-refractivity contribution in [1.82, 2.24) is 20.1 Å². The highest BCUT2D eigenvalue weighted by Gasteiger charge is 2.41. The molecule has 0 bridgehead atoms. The number of rotatable bonds is 7. The molecule has 3 aliphatic rings. The second kappa shape index (κ2) is 11.2. The van der Waals surface area contributed by atoms with Crippen molar-refractivity contribution >= 4 is 11.6 Å². The summed E-state index contributed by atoms with van der Waals surface area (Å²) >= 11 is 0. The van der Waals surface area contributed by atoms with Crippen LogP contribution < -0.4 is 10.2 Å². The minimum Gasteiger partial charge on any atom is -0.394 e. The molecule has 0 saturated carbocycles. The Bertz CT molecular complexity index is 1180. The van der Waals surface area contributed by atoms with E-state index in [1.54, 1.807) is 12.1 Å². The van der Waals surface area contributed by atoms with Gasteiger partial charge in [0.15, 0.2) is 0 Å². The third-order valence-corrected chi connectivity index (χ3v) is 8.63. The molecule has 0 radical (unpaired) electrons. The summed E-state index contributed by atoms with van der Waals surface area (Å²) in [5.74, 6) is -0.166. The van der Waals surface area contributed by atoms with Crippen LogP contribution in [0.1, 0.15) is 44.5 Å². The molecule has 2 saturated heterocycles. The smallest absolute Gasteiger partial charge is 0.241 e. The van der Waals surface area contributed by atoms with Gasteiger partial charge in [0.2, 0.25) is 5.91 Å². The van der Waals surface area contributed by atoms with Gasteiger partial charge >= 0.3 is 0 Å². The van der Waals surface area contributed by atoms with Crippen LogP contribution in [0.15, 0.2) is 36.5 Å². The van der Waals surface area contributed by atoms with Gasteiger partial charge in [-0.05, 0) is 37.6 Å². The lowest BCUT2D eigenvalue weighted by Crippen LogP contribution is -2.65. The molecule has 3 atom stereocenters. The third kappa shape index (κ3) is 6.02. The van der Waals surface area contributed by atoms with Gasteiger partial charge < -0.3 is 20.1 Å². The standard InChI is InChI=1S/C30H42FN5O3/c1-21-15-34(25(13-32-21)16-35-9-10-39-20-30(35,4)19-37)17-28(38)36-18-29(2,3)26-14-33-24(12-27(26)36)11-22-5-7-23(31)8-6-22/h5-8,12,14,21,25,32,37H,9-11,13,15-20H2,1-4H3/t21-,25-,30+/m1/s1. The number of ether oxygens (including phenoxy) is 1. The molecule has 9 heteroatoms. The summed E-state index contributed by atoms with van der Waals surface area (Å²) in [5.41, 5.74) is 3.24. The zero-order chi connectivity index (χ0) is 27.8. The number of aliphatic hydroxyl groups excluding tert-OH is 1. The first-order chi connectivity index (χ1) is 18.6. The topological polar surface area (TPSA) is 81.2 Å². The number of amides is 1. The number of piperazine rings is 1. The highest BCUT2D eigenvalue weighted by atomic mass is 19.1. The van der Waals surface area contributed by atoms with E-state index in [0.717, 1.165) is 48.7 Å². The highest BCUT2D eigenvalue weighted by Crippen LogP contribution is 2.40. The van der Waals surface area contributed by atoms with Crippen LogP contribution in [0.5, 0.6) is 0 Å². The summed E-state index contributed by atoms with van der Waals surface area (Å²) in [5, 5.41) is 13.7. The molecule has 2 N–H and O–H groups in total. The Labute approximate surface area is 231 Å². The van der Waals surface area contributed by atoms with Crippen molar-refractivity contribution in [2.24, 2.45) is 0 Å². The van der Waals surface area contributed by atoms with Crippen LogP contribution in [0.3, 0.4) is 0 Å². The van der Waals surface area contributed by atoms with Crippen molar-refractivity contribution in [3.8, 4) is 0 Å². The fraction of sp³-hybridized carbons (Fsp3) is 0.600. The number of morpholine rings is 1. The lowest BCUT2D eigenvalue weighted by molar-refractivity contribution is -0.122. The summed E-state index contributed by atoms with van der Waals surface area (Å²) in [6.07, 6.45) is 2.49. The maximum atomic E-state index is 13.9. The fourth-order valence-electron chi connectivity index (χ4n) is 6.13. The van der Waals surface area contributed by atoms with Gasteiger partial charge in [-0.3, -0.25) is 19.6 Å². The summed E-state index contributed by atoms with van der Waals surface area (Å²) in [6, 6.07) is 8.95. The third-order valence-electron chi connectivity index (χ3n) is 8.63. The predicted molar refractivity (Wildman–Crippen MR) is 150 cm³/mol. The van der Waals surface area contributed by atoms with Crippen LogP contribution in [0.25, 0.3) is 0 Å². The number of aromatic nitrogens is 1. The number of nitrogens with zero attached hydrogens (tertiary/aromatic N) is 4. The van der Waals surface area contributed by atoms with Gasteiger partial charge in [0.25, 0.3) is 0 Å². The van der Waals surface area contributed by atoms with Crippen LogP contribution in [-0.2, 0) is 21.4 Å². The molecule has 39 heavy (non-hydrogen) atoms. The van der Waals surface area contributed by atoms with E-state index in [0.29, 0.717) is 32.7 Å². The number of fused-ring (bicyclic) bond motifs is 1. The van der Waals surface area contributed by atoms with E-state index in [2.05, 4.69) is 35.9 Å². The Morgan fingerprint density at radius 2 is 2.03 bits per heavy atom. The van der Waals surface area contributed by atoms with Gasteiger partial charge in [0, 0.05) is 74.1 Å². The molecule has 0 aliphatic carbocycles. The van der Waals surface area contributed by atoms with Crippen LogP contribution in [-0.4, -0.2) is 103 Å². The minimum absolute atomic E-state index is 0.0381. The second-order valence-electron chi connectivity index (χ2n) is 12.4. The molecule has 4 heterocycles. The van der Waals surface area contributed by atoms with Gasteiger partial charge in [-0.15, -0.1) is 0 Å². The van der Waals surface area contributed by atoms with Crippen molar-refractivity contribution < 1.29 is 19.0 Å². The average molecular weight is 540 g/mol. The van der Waals surface area contributed by atoms with Gasteiger partial charge in [-0.2, -0.15) is 0 Å². The number of halogens is 1. The van der Waals surface area contributed by atoms with Crippen LogP contribution in [0, 0.1) is 5.82 Å². The largest absolute Gasteiger partial charge is 0.394 e. The van der Waals surface area contributed by atoms with E-state index in [4.69, 9.17) is 9.72 Å². The maximum Gasteiger partial charge on any atom is 0.241 e. The lowest BCUT2D eigenvalue weighted by Gasteiger charge is -2.48. The van der Waals surface area contributed by atoms with Crippen molar-refractivity contribution in [2.45, 2.75) is 57.2 Å². The van der Waals surface area contributed by atoms with E-state index in [1.807, 2.05) is 24.1 Å². The Balaban J connectivity index is 1.33. The molecule has 2 aromatic rings. The first-order valence-corrected chi connectivity index (χ1v) is 14.0. The SMILES string of the molecule is C[C@@H]1CN(CC(=O)N2CC(C)(C)c3cnc(Cc4ccc(F)cc4)cc32)[C@@H](CN2CCOC[C@]2(C)CO)CN1. The molecule has 1 aromatic carbocycles. The van der Waals surface area contributed by atoms with Crippen LogP contribution in [0.2, 0.25) is 0 Å². The number of nitrogens with one attached hydrogen (secondary N) is 1. The Hall–Kier alpha value is -2.43. The first-order valence-electron chi connectivity index (χ1n) is 14.0. The zero-order valence-electron chi connectivity index (χ0n) is 23.6. The quantitative estimate of drug-likeness (QED) is 0.558. The highest BCUT2D eigenvalue weighted by molar-refractivity contribution is 5.97. The van der Waals surface area contributed by atoms with E-state index in [-0.39, 0.29) is 35.8 Å². The Morgan fingerprint density at radius 3 is 2.77 bits per heavy atom. The molecular weight excluding hydrogens is 497 g/mol. The van der Waals surface area contributed by atoms with Crippen molar-refractivity contribution in [2.75, 3.05) is 64.0 Å². The van der Waals surface area contributed by atoms with Crippen LogP contribution in [0.4, 0.5) is 10.1 Å². The fourth-order valence-corrected chi connectivity index (χ4v) is 6.13. The van der Waals surface area contributed by atoms with Gasteiger partial charge in [0.1, 0.15) is 5.82 Å². The summed E-state index contributed by atoms with van der Waals surface area (Å²) < 4.78 is 19.0. The summed E-state index contributed by atoms with van der Waals surface area (Å²) in [4.78, 5) is 25.2. The van der Waals surface area contributed by atoms with Gasteiger partial charge in [0.05, 0.1) is 37.6 Å². The molecule has 0 spiro atoms. The number of benzene rings is 1. The minimum atomic E-state index is -0.414. The number of carbonyl (C=O) groups is 1. The molecule has 1 aromatic heterocycles. The normalized spacial score (nSPS) is 27.5. The predicted octanol–water partition coefficient (Wildman–Crippen LogP) is 2.18. The van der Waals surface area contributed by atoms with Crippen molar-refractivity contribution in [1.29, 1.82) is 0 Å². The van der Waals surface area contributed by atoms with Crippen molar-refractivity contribution in [3.05, 3.63) is 59.2 Å². The number of hydrogen-bond donors (Lipinski definition) is 2. The van der Waals surface area contributed by atoms with E-state index in [1.165, 1.54) is 12.1 Å². The molecule has 0 unspecified atom stereocenters. The summed E-state index contributed by atoms with van der Waals surface area (Å²) in [6.45, 7) is 13.8. The van der Waals surface area contributed by atoms with Gasteiger partial charge in [-0.1, -0.05) is 26.0 Å². The first kappa shape index (κ1) is 28.1. The maximum absolute atomic E-state index is 13.9. The molecular formula is C30H42FN5O3. The second-order valence-corrected chi connectivity index (χ2v) is 12.4. The van der Waals surface area contributed by atoms with Crippen molar-refractivity contribution in [3.63, 3.8) is 0 Å². The van der Waals surface area contributed by atoms with Gasteiger partial charge in [-0.25, -0.2) is 4.39 Å². The molecule has 3 aliphatic heterocycles. The molecule has 1 amide bonds. The molecule has 5 rings (SSSR count). The van der Waals surface area contributed by atoms with E-state index < -0.39 is 5.54 Å². The van der Waals surface area contributed by atoms with E-state index in [9.17, 15) is 14.3 Å². The molecule has 2 fully saturated rings.